The molecule has 1 aliphatic rings. The predicted octanol–water partition coefficient (Wildman–Crippen LogP) is 3.51. The second-order valence-corrected chi connectivity index (χ2v) is 5.70. The molecular formula is C12H18ClNS. The topological polar surface area (TPSA) is 3.24 Å². The first-order valence-electron chi connectivity index (χ1n) is 5.71. The normalized spacial score (nSPS) is 22.4. The highest BCUT2D eigenvalue weighted by atomic mass is 35.5. The number of likely N-dealkylation sites (tertiary alicyclic amines) is 1. The van der Waals surface area contributed by atoms with E-state index >= 15 is 0 Å². The molecule has 15 heavy (non-hydrogen) atoms. The Hall–Kier alpha value is -0.0500. The van der Waals surface area contributed by atoms with Crippen molar-refractivity contribution in [3.63, 3.8) is 0 Å². The summed E-state index contributed by atoms with van der Waals surface area (Å²) in [6, 6.07) is 5.14. The molecule has 0 saturated carbocycles. The molecule has 1 aliphatic heterocycles. The Morgan fingerprint density at radius 2 is 2.27 bits per heavy atom. The Labute approximate surface area is 101 Å². The number of aryl methyl sites for hydroxylation is 1. The molecule has 1 aromatic rings. The maximum atomic E-state index is 5.96. The lowest BCUT2D eigenvalue weighted by Gasteiger charge is -2.21. The molecular weight excluding hydrogens is 226 g/mol. The van der Waals surface area contributed by atoms with Gasteiger partial charge in [-0.25, -0.2) is 0 Å². The van der Waals surface area contributed by atoms with E-state index in [0.29, 0.717) is 6.04 Å². The van der Waals surface area contributed by atoms with Crippen LogP contribution in [0.1, 0.15) is 29.5 Å². The summed E-state index contributed by atoms with van der Waals surface area (Å²) >= 11 is 7.91. The van der Waals surface area contributed by atoms with E-state index in [1.54, 1.807) is 0 Å². The molecule has 0 amide bonds. The molecule has 1 aromatic heterocycles. The fourth-order valence-corrected chi connectivity index (χ4v) is 3.51. The summed E-state index contributed by atoms with van der Waals surface area (Å²) in [5.74, 6) is 0.784. The van der Waals surface area contributed by atoms with Gasteiger partial charge in [0.05, 0.1) is 0 Å². The minimum Gasteiger partial charge on any atom is -0.294 e. The number of hydrogen-bond acceptors (Lipinski definition) is 2. The van der Waals surface area contributed by atoms with Gasteiger partial charge in [-0.1, -0.05) is 6.92 Å². The number of hydrogen-bond donors (Lipinski definition) is 0. The van der Waals surface area contributed by atoms with Crippen LogP contribution < -0.4 is 0 Å². The summed E-state index contributed by atoms with van der Waals surface area (Å²) in [7, 11) is 0. The predicted molar refractivity (Wildman–Crippen MR) is 67.8 cm³/mol. The van der Waals surface area contributed by atoms with Gasteiger partial charge in [0.2, 0.25) is 0 Å². The molecule has 0 aliphatic carbocycles. The summed E-state index contributed by atoms with van der Waals surface area (Å²) in [6.07, 6.45) is 3.74. The van der Waals surface area contributed by atoms with E-state index in [1.807, 2.05) is 11.3 Å². The lowest BCUT2D eigenvalue weighted by molar-refractivity contribution is 0.265. The second-order valence-electron chi connectivity index (χ2n) is 4.14. The van der Waals surface area contributed by atoms with E-state index in [-0.39, 0.29) is 0 Å². The average molecular weight is 244 g/mol. The highest BCUT2D eigenvalue weighted by Crippen LogP contribution is 2.24. The maximum Gasteiger partial charge on any atom is 0.0379 e. The van der Waals surface area contributed by atoms with Crippen molar-refractivity contribution in [1.82, 2.24) is 4.90 Å². The van der Waals surface area contributed by atoms with Crippen molar-refractivity contribution in [3.05, 3.63) is 21.9 Å². The molecule has 0 aromatic carbocycles. The van der Waals surface area contributed by atoms with Crippen LogP contribution in [0.4, 0.5) is 0 Å². The van der Waals surface area contributed by atoms with Gasteiger partial charge in [-0.3, -0.25) is 4.90 Å². The summed E-state index contributed by atoms with van der Waals surface area (Å²) in [5.41, 5.74) is 0. The highest BCUT2D eigenvalue weighted by Gasteiger charge is 2.23. The summed E-state index contributed by atoms with van der Waals surface area (Å²) in [5, 5.41) is 0. The Balaban J connectivity index is 1.95. The van der Waals surface area contributed by atoms with Crippen LogP contribution in [0.15, 0.2) is 12.1 Å². The molecule has 3 heteroatoms. The number of alkyl halides is 1. The van der Waals surface area contributed by atoms with Crippen LogP contribution in [0, 0.1) is 0 Å². The zero-order chi connectivity index (χ0) is 10.7. The Bertz CT molecular complexity index is 310. The smallest absolute Gasteiger partial charge is 0.0379 e. The van der Waals surface area contributed by atoms with Gasteiger partial charge in [-0.05, 0) is 37.9 Å². The molecule has 2 heterocycles. The Kier molecular flexibility index (Phi) is 4.06. The minimum atomic E-state index is 0.610. The molecule has 1 unspecified atom stereocenters. The molecule has 0 spiro atoms. The first-order valence-corrected chi connectivity index (χ1v) is 7.06. The summed E-state index contributed by atoms with van der Waals surface area (Å²) in [6.45, 7) is 4.53. The van der Waals surface area contributed by atoms with Crippen molar-refractivity contribution >= 4 is 22.9 Å². The van der Waals surface area contributed by atoms with Gasteiger partial charge in [0.15, 0.2) is 0 Å². The molecule has 1 atom stereocenters. The Morgan fingerprint density at radius 3 is 2.93 bits per heavy atom. The minimum absolute atomic E-state index is 0.610. The van der Waals surface area contributed by atoms with Crippen molar-refractivity contribution in [2.45, 2.75) is 38.8 Å². The van der Waals surface area contributed by atoms with Gasteiger partial charge in [0.25, 0.3) is 0 Å². The van der Waals surface area contributed by atoms with Crippen LogP contribution in [-0.2, 0) is 13.0 Å². The molecule has 0 radical (unpaired) electrons. The van der Waals surface area contributed by atoms with E-state index in [0.717, 1.165) is 18.8 Å². The van der Waals surface area contributed by atoms with Gasteiger partial charge < -0.3 is 0 Å². The zero-order valence-corrected chi connectivity index (χ0v) is 10.8. The van der Waals surface area contributed by atoms with Crippen molar-refractivity contribution in [1.29, 1.82) is 0 Å². The third kappa shape index (κ3) is 2.74. The van der Waals surface area contributed by atoms with Gasteiger partial charge >= 0.3 is 0 Å². The molecule has 2 rings (SSSR count). The van der Waals surface area contributed by atoms with Gasteiger partial charge in [-0.2, -0.15) is 0 Å². The summed E-state index contributed by atoms with van der Waals surface area (Å²) in [4.78, 5) is 5.51. The first-order chi connectivity index (χ1) is 7.33. The molecule has 1 fully saturated rings. The molecule has 1 nitrogen and oxygen atoms in total. The third-order valence-electron chi connectivity index (χ3n) is 3.10. The fourth-order valence-electron chi connectivity index (χ4n) is 2.18. The first kappa shape index (κ1) is 11.4. The van der Waals surface area contributed by atoms with Gasteiger partial charge in [0, 0.05) is 28.2 Å². The van der Waals surface area contributed by atoms with Gasteiger partial charge in [-0.15, -0.1) is 22.9 Å². The highest BCUT2D eigenvalue weighted by molar-refractivity contribution is 7.11. The molecule has 84 valence electrons. The van der Waals surface area contributed by atoms with Crippen LogP contribution in [0.5, 0.6) is 0 Å². The van der Waals surface area contributed by atoms with Crippen molar-refractivity contribution < 1.29 is 0 Å². The molecule has 1 saturated heterocycles. The van der Waals surface area contributed by atoms with Gasteiger partial charge in [0.1, 0.15) is 0 Å². The Morgan fingerprint density at radius 1 is 1.47 bits per heavy atom. The van der Waals surface area contributed by atoms with Crippen molar-refractivity contribution in [3.8, 4) is 0 Å². The van der Waals surface area contributed by atoms with Crippen molar-refractivity contribution in [2.75, 3.05) is 12.4 Å². The SMILES string of the molecule is CCc1ccc(CN2CCCC2CCl)s1. The quantitative estimate of drug-likeness (QED) is 0.732. The monoisotopic (exact) mass is 243 g/mol. The summed E-state index contributed by atoms with van der Waals surface area (Å²) < 4.78 is 0. The number of nitrogens with zero attached hydrogens (tertiary/aromatic N) is 1. The molecule has 0 N–H and O–H groups in total. The van der Waals surface area contributed by atoms with Crippen LogP contribution in [0.3, 0.4) is 0 Å². The standard InChI is InChI=1S/C12H18ClNS/c1-2-11-5-6-12(15-11)9-14-7-3-4-10(14)8-13/h5-6,10H,2-4,7-9H2,1H3. The lowest BCUT2D eigenvalue weighted by atomic mass is 10.2. The number of rotatable bonds is 4. The second kappa shape index (κ2) is 5.33. The maximum absolute atomic E-state index is 5.96. The largest absolute Gasteiger partial charge is 0.294 e. The van der Waals surface area contributed by atoms with E-state index in [1.165, 1.54) is 29.1 Å². The van der Waals surface area contributed by atoms with Crippen LogP contribution in [0.25, 0.3) is 0 Å². The number of thiophene rings is 1. The van der Waals surface area contributed by atoms with E-state index in [9.17, 15) is 0 Å². The third-order valence-corrected chi connectivity index (χ3v) is 4.67. The molecule has 0 bridgehead atoms. The number of halogens is 1. The van der Waals surface area contributed by atoms with Crippen LogP contribution >= 0.6 is 22.9 Å². The van der Waals surface area contributed by atoms with Crippen molar-refractivity contribution in [2.24, 2.45) is 0 Å². The lowest BCUT2D eigenvalue weighted by Crippen LogP contribution is -2.29. The average Bonchev–Trinajstić information content (AvgIpc) is 2.87. The van der Waals surface area contributed by atoms with Crippen LogP contribution in [0.2, 0.25) is 0 Å². The van der Waals surface area contributed by atoms with E-state index < -0.39 is 0 Å². The van der Waals surface area contributed by atoms with E-state index in [4.69, 9.17) is 11.6 Å². The fraction of sp³-hybridized carbons (Fsp3) is 0.667. The van der Waals surface area contributed by atoms with Crippen LogP contribution in [-0.4, -0.2) is 23.4 Å². The van der Waals surface area contributed by atoms with E-state index in [2.05, 4.69) is 24.0 Å². The zero-order valence-electron chi connectivity index (χ0n) is 9.21.